The fourth-order valence-corrected chi connectivity index (χ4v) is 2.26. The molecule has 0 aromatic heterocycles. The number of rotatable bonds is 1. The highest BCUT2D eigenvalue weighted by Gasteiger charge is 1.96. The summed E-state index contributed by atoms with van der Waals surface area (Å²) < 4.78 is 2.16. The second-order valence-electron chi connectivity index (χ2n) is 1.88. The van der Waals surface area contributed by atoms with Crippen molar-refractivity contribution in [2.24, 2.45) is 0 Å². The molecule has 0 saturated carbocycles. The monoisotopic (exact) mass is 279 g/mol. The van der Waals surface area contributed by atoms with Gasteiger partial charge in [0.05, 0.1) is 0 Å². The van der Waals surface area contributed by atoms with Crippen molar-refractivity contribution in [1.29, 1.82) is 0 Å². The van der Waals surface area contributed by atoms with Gasteiger partial charge in [-0.1, -0.05) is 50.6 Å². The zero-order valence-corrected chi connectivity index (χ0v) is 9.09. The lowest BCUT2D eigenvalue weighted by Gasteiger charge is -1.98. The topological polar surface area (TPSA) is 0 Å². The highest BCUT2D eigenvalue weighted by atomic mass is 79.9. The van der Waals surface area contributed by atoms with E-state index >= 15 is 0 Å². The van der Waals surface area contributed by atoms with Crippen LogP contribution >= 0.6 is 44.5 Å². The number of hydrogen-bond acceptors (Lipinski definition) is 0. The molecule has 0 aliphatic carbocycles. The predicted octanol–water partition coefficient (Wildman–Crippen LogP) is 3.91. The first-order chi connectivity index (χ1) is 4.74. The normalized spacial score (nSPS) is 9.90. The molecule has 0 bridgehead atoms. The molecule has 0 atom stereocenters. The Morgan fingerprint density at radius 1 is 1.30 bits per heavy atom. The first kappa shape index (κ1) is 8.62. The Hall–Kier alpha value is 0.530. The summed E-state index contributed by atoms with van der Waals surface area (Å²) in [4.78, 5) is 0. The number of benzene rings is 1. The highest BCUT2D eigenvalue weighted by molar-refractivity contribution is 9.11. The van der Waals surface area contributed by atoms with Crippen LogP contribution in [0.2, 0.25) is 0 Å². The Balaban J connectivity index is 3.07. The Morgan fingerprint density at radius 3 is 2.50 bits per heavy atom. The second kappa shape index (κ2) is 3.79. The maximum Gasteiger partial charge on any atom is 0.0300 e. The summed E-state index contributed by atoms with van der Waals surface area (Å²) in [6, 6.07) is 6.01. The first-order valence-corrected chi connectivity index (χ1v) is 4.92. The van der Waals surface area contributed by atoms with Crippen LogP contribution in [0.5, 0.6) is 0 Å². The van der Waals surface area contributed by atoms with Gasteiger partial charge in [0.2, 0.25) is 0 Å². The molecule has 0 unspecified atom stereocenters. The van der Waals surface area contributed by atoms with Gasteiger partial charge in [0.15, 0.2) is 0 Å². The summed E-state index contributed by atoms with van der Waals surface area (Å²) >= 11 is 11.7. The van der Waals surface area contributed by atoms with E-state index in [-0.39, 0.29) is 0 Å². The van der Waals surface area contributed by atoms with Crippen LogP contribution in [0.4, 0.5) is 0 Å². The summed E-state index contributed by atoms with van der Waals surface area (Å²) in [5, 5.41) is 0. The van der Waals surface area contributed by atoms with Gasteiger partial charge in [-0.3, -0.25) is 0 Å². The van der Waals surface area contributed by atoms with Gasteiger partial charge in [0.1, 0.15) is 0 Å². The van der Waals surface area contributed by atoms with Crippen LogP contribution in [0.25, 0.3) is 0 Å². The lowest BCUT2D eigenvalue weighted by Crippen LogP contribution is -1.78. The Bertz CT molecular complexity index is 235. The summed E-state index contributed by atoms with van der Waals surface area (Å²) in [6.07, 6.45) is 0. The third kappa shape index (κ3) is 2.01. The van der Waals surface area contributed by atoms with E-state index in [1.807, 2.05) is 18.2 Å². The van der Waals surface area contributed by atoms with Crippen molar-refractivity contribution in [2.45, 2.75) is 5.75 Å². The fourth-order valence-electron chi connectivity index (χ4n) is 0.639. The van der Waals surface area contributed by atoms with Gasteiger partial charge < -0.3 is 0 Å². The van der Waals surface area contributed by atoms with E-state index in [0.717, 1.165) is 8.95 Å². The Kier molecular flexibility index (Phi) is 3.27. The third-order valence-electron chi connectivity index (χ3n) is 1.17. The molecule has 3 heteroatoms. The van der Waals surface area contributed by atoms with Crippen molar-refractivity contribution in [1.82, 2.24) is 0 Å². The smallest absolute Gasteiger partial charge is 0.0300 e. The van der Waals surface area contributed by atoms with Gasteiger partial charge in [0.25, 0.3) is 0 Å². The van der Waals surface area contributed by atoms with Crippen molar-refractivity contribution in [3.8, 4) is 0 Å². The van der Waals surface area contributed by atoms with Crippen LogP contribution in [0.1, 0.15) is 5.56 Å². The van der Waals surface area contributed by atoms with Crippen LogP contribution in [0.15, 0.2) is 27.1 Å². The molecule has 1 radical (unpaired) electrons. The van der Waals surface area contributed by atoms with Crippen LogP contribution < -0.4 is 0 Å². The molecule has 0 aliphatic rings. The van der Waals surface area contributed by atoms with Crippen LogP contribution in [-0.2, 0) is 5.75 Å². The van der Waals surface area contributed by atoms with Gasteiger partial charge in [0, 0.05) is 14.7 Å². The first-order valence-electron chi connectivity index (χ1n) is 2.76. The lowest BCUT2D eigenvalue weighted by molar-refractivity contribution is 1.38. The quantitative estimate of drug-likeness (QED) is 0.732. The van der Waals surface area contributed by atoms with Gasteiger partial charge in [-0.25, -0.2) is 0 Å². The van der Waals surface area contributed by atoms with Gasteiger partial charge in [-0.15, -0.1) is 0 Å². The minimum Gasteiger partial charge on any atom is -0.0890 e. The molecule has 0 aliphatic heterocycles. The molecule has 0 N–H and O–H groups in total. The summed E-state index contributed by atoms with van der Waals surface area (Å²) in [7, 11) is 0. The van der Waals surface area contributed by atoms with Gasteiger partial charge >= 0.3 is 0 Å². The Labute approximate surface area is 82.7 Å². The van der Waals surface area contributed by atoms with Gasteiger partial charge in [-0.2, -0.15) is 0 Å². The van der Waals surface area contributed by atoms with E-state index in [0.29, 0.717) is 5.75 Å². The van der Waals surface area contributed by atoms with E-state index in [4.69, 9.17) is 12.6 Å². The molecular weight excluding hydrogens is 276 g/mol. The van der Waals surface area contributed by atoms with Crippen molar-refractivity contribution in [3.63, 3.8) is 0 Å². The van der Waals surface area contributed by atoms with Crippen LogP contribution in [0.3, 0.4) is 0 Å². The molecule has 1 aromatic rings. The van der Waals surface area contributed by atoms with Gasteiger partial charge in [-0.05, 0) is 17.7 Å². The van der Waals surface area contributed by atoms with Crippen LogP contribution in [0, 0.1) is 0 Å². The molecule has 0 heterocycles. The average molecular weight is 281 g/mol. The van der Waals surface area contributed by atoms with Crippen molar-refractivity contribution < 1.29 is 0 Å². The molecule has 53 valence electrons. The highest BCUT2D eigenvalue weighted by Crippen LogP contribution is 2.22. The average Bonchev–Trinajstić information content (AvgIpc) is 1.88. The maximum absolute atomic E-state index is 4.90. The summed E-state index contributed by atoms with van der Waals surface area (Å²) in [5.41, 5.74) is 1.16. The molecule has 1 aromatic carbocycles. The number of halogens is 2. The minimum absolute atomic E-state index is 0.661. The second-order valence-corrected chi connectivity index (χ2v) is 3.94. The van der Waals surface area contributed by atoms with E-state index in [1.54, 1.807) is 0 Å². The van der Waals surface area contributed by atoms with Crippen molar-refractivity contribution >= 4 is 44.5 Å². The third-order valence-corrected chi connectivity index (χ3v) is 2.71. The molecule has 10 heavy (non-hydrogen) atoms. The zero-order valence-electron chi connectivity index (χ0n) is 5.10. The largest absolute Gasteiger partial charge is 0.0890 e. The lowest BCUT2D eigenvalue weighted by atomic mass is 10.2. The molecule has 0 spiro atoms. The SMILES string of the molecule is [S]Cc1ccc(Br)cc1Br. The molecular formula is C7H5Br2S. The predicted molar refractivity (Wildman–Crippen MR) is 53.1 cm³/mol. The van der Waals surface area contributed by atoms with Crippen LogP contribution in [-0.4, -0.2) is 0 Å². The standard InChI is InChI=1S/C7H5Br2S/c8-6-2-1-5(4-10)7(9)3-6/h1-3H,4H2. The minimum atomic E-state index is 0.661. The maximum atomic E-state index is 4.90. The van der Waals surface area contributed by atoms with E-state index < -0.39 is 0 Å². The summed E-state index contributed by atoms with van der Waals surface area (Å²) in [5.74, 6) is 0.661. The Morgan fingerprint density at radius 2 is 2.00 bits per heavy atom. The zero-order chi connectivity index (χ0) is 7.56. The molecule has 0 saturated heterocycles. The summed E-state index contributed by atoms with van der Waals surface area (Å²) in [6.45, 7) is 0. The fraction of sp³-hybridized carbons (Fsp3) is 0.143. The van der Waals surface area contributed by atoms with Crippen molar-refractivity contribution in [2.75, 3.05) is 0 Å². The van der Waals surface area contributed by atoms with E-state index in [9.17, 15) is 0 Å². The molecule has 0 nitrogen and oxygen atoms in total. The molecule has 0 amide bonds. The van der Waals surface area contributed by atoms with Crippen molar-refractivity contribution in [3.05, 3.63) is 32.7 Å². The molecule has 1 rings (SSSR count). The number of hydrogen-bond donors (Lipinski definition) is 0. The van der Waals surface area contributed by atoms with E-state index in [1.165, 1.54) is 5.56 Å². The van der Waals surface area contributed by atoms with E-state index in [2.05, 4.69) is 31.9 Å². The molecule has 0 fully saturated rings.